The maximum absolute atomic E-state index is 12.2. The maximum atomic E-state index is 12.2. The second-order valence-electron chi connectivity index (χ2n) is 9.89. The van der Waals surface area contributed by atoms with Crippen LogP contribution in [0.4, 0.5) is 10.6 Å². The summed E-state index contributed by atoms with van der Waals surface area (Å²) in [6, 6.07) is 13.9. The van der Waals surface area contributed by atoms with Crippen LogP contribution in [0.2, 0.25) is 0 Å². The number of nitrogens with one attached hydrogen (secondary N) is 2. The summed E-state index contributed by atoms with van der Waals surface area (Å²) in [6.07, 6.45) is 3.23. The largest absolute Gasteiger partial charge is 0.493 e. The third kappa shape index (κ3) is 5.77. The van der Waals surface area contributed by atoms with E-state index in [2.05, 4.69) is 25.6 Å². The number of carboxylic acid groups (broad SMARTS) is 1. The molecule has 0 bridgehead atoms. The molecule has 0 saturated carbocycles. The second kappa shape index (κ2) is 12.7. The van der Waals surface area contributed by atoms with Gasteiger partial charge in [0.2, 0.25) is 0 Å². The van der Waals surface area contributed by atoms with E-state index in [0.717, 1.165) is 5.56 Å². The lowest BCUT2D eigenvalue weighted by atomic mass is 10.1. The third-order valence-electron chi connectivity index (χ3n) is 7.14. The number of ether oxygens (including phenoxy) is 5. The van der Waals surface area contributed by atoms with Gasteiger partial charge < -0.3 is 34.1 Å². The van der Waals surface area contributed by atoms with Crippen LogP contribution in [0, 0.1) is 0 Å². The van der Waals surface area contributed by atoms with Crippen molar-refractivity contribution in [2.24, 2.45) is 0 Å². The first-order valence-corrected chi connectivity index (χ1v) is 13.9. The van der Waals surface area contributed by atoms with Crippen molar-refractivity contribution in [3.8, 4) is 11.5 Å². The molecule has 14 nitrogen and oxygen atoms in total. The fourth-order valence-electron chi connectivity index (χ4n) is 5.16. The summed E-state index contributed by atoms with van der Waals surface area (Å²) in [6.45, 7) is 2.18. The number of para-hydroxylation sites is 1. The lowest BCUT2D eigenvalue weighted by Crippen LogP contribution is -2.33. The number of methoxy groups -OCH3 is 1. The molecule has 2 aromatic carbocycles. The maximum Gasteiger partial charge on any atom is 0.339 e. The standard InChI is InChI=1S/C30H30N6O8/c1-3-31-30(39)35-26-22-27(33-15-32-26)36(16-34-22)28-25-24(43-21(44-25)13-12-17-8-5-4-6-9-17)20(42-28)14-41-23-18(29(37)38)10-7-11-19(23)40-2/h4-13,15-16,20-21,24-25,28H,3,14H2,1-2H3,(H,37,38)(H2,31,32,33,35,39)/b13-12+/t20?,21-,24?,25?,28?/m0/s1. The Morgan fingerprint density at radius 1 is 1.05 bits per heavy atom. The number of fused-ring (bicyclic) bond motifs is 2. The van der Waals surface area contributed by atoms with Gasteiger partial charge in [0.25, 0.3) is 0 Å². The molecule has 4 unspecified atom stereocenters. The summed E-state index contributed by atoms with van der Waals surface area (Å²) < 4.78 is 32.1. The minimum atomic E-state index is -1.16. The first-order valence-electron chi connectivity index (χ1n) is 13.9. The molecule has 5 atom stereocenters. The minimum absolute atomic E-state index is 0.0489. The van der Waals surface area contributed by atoms with Crippen LogP contribution in [0.15, 0.2) is 67.3 Å². The number of carboxylic acids is 1. The first-order chi connectivity index (χ1) is 21.5. The topological polar surface area (TPSA) is 168 Å². The Morgan fingerprint density at radius 2 is 1.86 bits per heavy atom. The van der Waals surface area contributed by atoms with Gasteiger partial charge in [-0.3, -0.25) is 9.88 Å². The van der Waals surface area contributed by atoms with Crippen LogP contribution in [0.1, 0.15) is 29.1 Å². The monoisotopic (exact) mass is 602 g/mol. The average molecular weight is 603 g/mol. The first kappa shape index (κ1) is 29.0. The molecule has 0 aliphatic carbocycles. The van der Waals surface area contributed by atoms with Gasteiger partial charge in [-0.1, -0.05) is 42.5 Å². The summed E-state index contributed by atoms with van der Waals surface area (Å²) in [7, 11) is 1.44. The summed E-state index contributed by atoms with van der Waals surface area (Å²) in [5, 5.41) is 15.1. The zero-order valence-electron chi connectivity index (χ0n) is 23.8. The van der Waals surface area contributed by atoms with Crippen molar-refractivity contribution in [3.63, 3.8) is 0 Å². The Kier molecular flexibility index (Phi) is 8.36. The van der Waals surface area contributed by atoms with E-state index in [9.17, 15) is 14.7 Å². The average Bonchev–Trinajstić information content (AvgIpc) is 3.74. The van der Waals surface area contributed by atoms with Gasteiger partial charge in [-0.2, -0.15) is 0 Å². The number of urea groups is 1. The SMILES string of the molecule is CCNC(=O)Nc1ncnc2c1ncn2C1OC(COc2c(OC)cccc2C(=O)O)C2O[C@H](/C=C/c3ccccc3)OC21. The number of anilines is 1. The van der Waals surface area contributed by atoms with Crippen LogP contribution in [-0.2, 0) is 14.2 Å². The number of hydrogen-bond donors (Lipinski definition) is 3. The van der Waals surface area contributed by atoms with Crippen LogP contribution < -0.4 is 20.1 Å². The number of imidazole rings is 1. The number of amides is 2. The van der Waals surface area contributed by atoms with Crippen molar-refractivity contribution in [3.05, 3.63) is 78.4 Å². The zero-order chi connectivity index (χ0) is 30.6. The number of nitrogens with zero attached hydrogens (tertiary/aromatic N) is 4. The molecule has 4 heterocycles. The van der Waals surface area contributed by atoms with Gasteiger partial charge >= 0.3 is 12.0 Å². The van der Waals surface area contributed by atoms with Crippen molar-refractivity contribution >= 4 is 35.1 Å². The Labute approximate surface area is 251 Å². The molecule has 2 amide bonds. The van der Waals surface area contributed by atoms with E-state index in [-0.39, 0.29) is 29.5 Å². The Morgan fingerprint density at radius 3 is 2.64 bits per heavy atom. The smallest absolute Gasteiger partial charge is 0.339 e. The lowest BCUT2D eigenvalue weighted by molar-refractivity contribution is -0.131. The Bertz CT molecular complexity index is 1680. The summed E-state index contributed by atoms with van der Waals surface area (Å²) in [5.74, 6) is -0.575. The van der Waals surface area contributed by atoms with Gasteiger partial charge in [0, 0.05) is 6.54 Å². The normalized spacial score (nSPS) is 22.6. The molecule has 4 aromatic rings. The predicted molar refractivity (Wildman–Crippen MR) is 156 cm³/mol. The molecule has 228 valence electrons. The third-order valence-corrected chi connectivity index (χ3v) is 7.14. The molecule has 2 fully saturated rings. The molecule has 14 heteroatoms. The van der Waals surface area contributed by atoms with Gasteiger partial charge in [-0.05, 0) is 30.7 Å². The van der Waals surface area contributed by atoms with Gasteiger partial charge in [-0.25, -0.2) is 24.5 Å². The van der Waals surface area contributed by atoms with Crippen LogP contribution in [0.25, 0.3) is 17.2 Å². The van der Waals surface area contributed by atoms with Crippen LogP contribution in [0.3, 0.4) is 0 Å². The fourth-order valence-corrected chi connectivity index (χ4v) is 5.16. The van der Waals surface area contributed by atoms with E-state index in [1.165, 1.54) is 25.8 Å². The highest BCUT2D eigenvalue weighted by Gasteiger charge is 2.53. The molecule has 2 aromatic heterocycles. The number of aromatic nitrogens is 4. The van der Waals surface area contributed by atoms with Crippen LogP contribution in [0.5, 0.6) is 11.5 Å². The van der Waals surface area contributed by atoms with Crippen molar-refractivity contribution in [1.29, 1.82) is 0 Å². The molecule has 0 spiro atoms. The highest BCUT2D eigenvalue weighted by Crippen LogP contribution is 2.42. The molecule has 6 rings (SSSR count). The van der Waals surface area contributed by atoms with E-state index in [1.54, 1.807) is 23.6 Å². The van der Waals surface area contributed by atoms with E-state index in [0.29, 0.717) is 17.7 Å². The number of carbonyl (C=O) groups is 2. The summed E-state index contributed by atoms with van der Waals surface area (Å²) >= 11 is 0. The molecule has 44 heavy (non-hydrogen) atoms. The minimum Gasteiger partial charge on any atom is -0.493 e. The Balaban J connectivity index is 1.29. The number of hydrogen-bond acceptors (Lipinski definition) is 10. The number of rotatable bonds is 10. The molecule has 2 saturated heterocycles. The van der Waals surface area contributed by atoms with Crippen LogP contribution in [-0.4, -0.2) is 81.5 Å². The van der Waals surface area contributed by atoms with E-state index >= 15 is 0 Å². The summed E-state index contributed by atoms with van der Waals surface area (Å²) in [4.78, 5) is 37.1. The number of carbonyl (C=O) groups excluding carboxylic acids is 1. The summed E-state index contributed by atoms with van der Waals surface area (Å²) in [5.41, 5.74) is 1.69. The lowest BCUT2D eigenvalue weighted by Gasteiger charge is -2.21. The zero-order valence-corrected chi connectivity index (χ0v) is 23.8. The van der Waals surface area contributed by atoms with E-state index < -0.39 is 42.8 Å². The van der Waals surface area contributed by atoms with Crippen LogP contribution >= 0.6 is 0 Å². The quantitative estimate of drug-likeness (QED) is 0.243. The molecule has 3 N–H and O–H groups in total. The van der Waals surface area contributed by atoms with Crippen molar-refractivity contribution in [2.75, 3.05) is 25.6 Å². The van der Waals surface area contributed by atoms with Crippen molar-refractivity contribution in [2.45, 2.75) is 37.8 Å². The number of benzene rings is 2. The fraction of sp³-hybridized carbons (Fsp3) is 0.300. The second-order valence-corrected chi connectivity index (χ2v) is 9.89. The number of aromatic carboxylic acids is 1. The van der Waals surface area contributed by atoms with Crippen molar-refractivity contribution in [1.82, 2.24) is 24.8 Å². The van der Waals surface area contributed by atoms with E-state index in [1.807, 2.05) is 42.5 Å². The van der Waals surface area contributed by atoms with Gasteiger partial charge in [-0.15, -0.1) is 0 Å². The predicted octanol–water partition coefficient (Wildman–Crippen LogP) is 3.47. The molecular weight excluding hydrogens is 572 g/mol. The van der Waals surface area contributed by atoms with Crippen molar-refractivity contribution < 1.29 is 38.4 Å². The highest BCUT2D eigenvalue weighted by atomic mass is 16.8. The van der Waals surface area contributed by atoms with Gasteiger partial charge in [0.05, 0.1) is 13.4 Å². The highest BCUT2D eigenvalue weighted by molar-refractivity contribution is 5.95. The Hall–Kier alpha value is -5.05. The van der Waals surface area contributed by atoms with Gasteiger partial charge in [0.15, 0.2) is 41.0 Å². The molecule has 2 aliphatic heterocycles. The van der Waals surface area contributed by atoms with E-state index in [4.69, 9.17) is 23.7 Å². The molecule has 0 radical (unpaired) electrons. The molecular formula is C30H30N6O8. The molecule has 2 aliphatic rings. The van der Waals surface area contributed by atoms with Gasteiger partial charge in [0.1, 0.15) is 36.8 Å².